The molecule has 18 heavy (non-hydrogen) atoms. The lowest BCUT2D eigenvalue weighted by molar-refractivity contribution is 0.0526. The summed E-state index contributed by atoms with van der Waals surface area (Å²) in [6, 6.07) is 5.46. The van der Waals surface area contributed by atoms with Crippen molar-refractivity contribution in [3.05, 3.63) is 23.8 Å². The summed E-state index contributed by atoms with van der Waals surface area (Å²) in [5.74, 6) is 1.37. The van der Waals surface area contributed by atoms with Gasteiger partial charge in [0, 0.05) is 24.7 Å². The van der Waals surface area contributed by atoms with Crippen molar-refractivity contribution >= 4 is 0 Å². The van der Waals surface area contributed by atoms with Gasteiger partial charge in [0.25, 0.3) is 0 Å². The Kier molecular flexibility index (Phi) is 4.44. The predicted octanol–water partition coefficient (Wildman–Crippen LogP) is 2.31. The molecule has 1 aliphatic heterocycles. The number of hydrogen-bond acceptors (Lipinski definition) is 4. The van der Waals surface area contributed by atoms with Gasteiger partial charge in [-0.3, -0.25) is 0 Å². The Bertz CT molecular complexity index is 385. The fourth-order valence-corrected chi connectivity index (χ4v) is 2.30. The Morgan fingerprint density at radius 3 is 2.83 bits per heavy atom. The Hall–Kier alpha value is -1.26. The van der Waals surface area contributed by atoms with E-state index in [-0.39, 0.29) is 6.10 Å². The summed E-state index contributed by atoms with van der Waals surface area (Å²) in [6.07, 6.45) is 2.32. The van der Waals surface area contributed by atoms with Crippen molar-refractivity contribution in [1.82, 2.24) is 0 Å². The molecule has 0 aromatic heterocycles. The minimum absolute atomic E-state index is 0.159. The summed E-state index contributed by atoms with van der Waals surface area (Å²) in [6.45, 7) is 0.803. The van der Waals surface area contributed by atoms with Crippen LogP contribution in [0.15, 0.2) is 18.2 Å². The first-order chi connectivity index (χ1) is 8.74. The van der Waals surface area contributed by atoms with Crippen molar-refractivity contribution in [3.63, 3.8) is 0 Å². The van der Waals surface area contributed by atoms with Gasteiger partial charge in [-0.2, -0.15) is 0 Å². The average Bonchev–Trinajstić information content (AvgIpc) is 2.90. The molecule has 1 aromatic carbocycles. The minimum Gasteiger partial charge on any atom is -0.497 e. The summed E-state index contributed by atoms with van der Waals surface area (Å²) < 4.78 is 16.0. The van der Waals surface area contributed by atoms with Gasteiger partial charge in [-0.1, -0.05) is 0 Å². The number of hydrogen-bond donors (Lipinski definition) is 1. The van der Waals surface area contributed by atoms with Gasteiger partial charge in [0.15, 0.2) is 0 Å². The van der Waals surface area contributed by atoms with E-state index >= 15 is 0 Å². The van der Waals surface area contributed by atoms with E-state index in [0.29, 0.717) is 12.2 Å². The second-order valence-corrected chi connectivity index (χ2v) is 4.49. The molecule has 1 saturated heterocycles. The highest BCUT2D eigenvalue weighted by molar-refractivity contribution is 5.42. The monoisotopic (exact) mass is 252 g/mol. The topological polar surface area (TPSA) is 47.9 Å². The van der Waals surface area contributed by atoms with Gasteiger partial charge in [-0.05, 0) is 25.0 Å². The summed E-state index contributed by atoms with van der Waals surface area (Å²) in [4.78, 5) is 0. The molecule has 100 valence electrons. The molecule has 0 saturated carbocycles. The molecule has 2 atom stereocenters. The van der Waals surface area contributed by atoms with Crippen molar-refractivity contribution in [3.8, 4) is 11.5 Å². The second kappa shape index (κ2) is 6.07. The van der Waals surface area contributed by atoms with Crippen molar-refractivity contribution in [2.75, 3.05) is 20.8 Å². The van der Waals surface area contributed by atoms with E-state index in [9.17, 15) is 5.11 Å². The van der Waals surface area contributed by atoms with Crippen LogP contribution in [0.25, 0.3) is 0 Å². The zero-order chi connectivity index (χ0) is 13.0. The highest BCUT2D eigenvalue weighted by Gasteiger charge is 2.22. The van der Waals surface area contributed by atoms with Crippen LogP contribution in [-0.2, 0) is 4.74 Å². The van der Waals surface area contributed by atoms with E-state index in [1.807, 2.05) is 12.1 Å². The standard InChI is InChI=1S/C14H20O4/c1-16-10-5-6-12(14(9-10)17-2)13(15)8-11-4-3-7-18-11/h5-6,9,11,13,15H,3-4,7-8H2,1-2H3. The maximum Gasteiger partial charge on any atom is 0.128 e. The lowest BCUT2D eigenvalue weighted by atomic mass is 10.0. The minimum atomic E-state index is -0.561. The number of methoxy groups -OCH3 is 2. The number of aliphatic hydroxyl groups is 1. The Morgan fingerprint density at radius 1 is 1.39 bits per heavy atom. The first kappa shape index (κ1) is 13.2. The second-order valence-electron chi connectivity index (χ2n) is 4.49. The van der Waals surface area contributed by atoms with Crippen LogP contribution in [0.4, 0.5) is 0 Å². The maximum atomic E-state index is 10.3. The highest BCUT2D eigenvalue weighted by atomic mass is 16.5. The third kappa shape index (κ3) is 2.94. The molecule has 0 bridgehead atoms. The Morgan fingerprint density at radius 2 is 2.22 bits per heavy atom. The van der Waals surface area contributed by atoms with E-state index in [1.54, 1.807) is 20.3 Å². The van der Waals surface area contributed by atoms with Crippen LogP contribution in [-0.4, -0.2) is 32.0 Å². The smallest absolute Gasteiger partial charge is 0.128 e. The van der Waals surface area contributed by atoms with E-state index < -0.39 is 6.10 Å². The molecular formula is C14H20O4. The SMILES string of the molecule is COc1ccc(C(O)CC2CCCO2)c(OC)c1. The number of benzene rings is 1. The van der Waals surface area contributed by atoms with E-state index in [0.717, 1.165) is 30.8 Å². The number of ether oxygens (including phenoxy) is 3. The Balaban J connectivity index is 2.10. The first-order valence-electron chi connectivity index (χ1n) is 6.26. The van der Waals surface area contributed by atoms with Crippen LogP contribution in [0, 0.1) is 0 Å². The zero-order valence-corrected chi connectivity index (χ0v) is 10.9. The van der Waals surface area contributed by atoms with Crippen molar-refractivity contribution in [2.24, 2.45) is 0 Å². The first-order valence-corrected chi connectivity index (χ1v) is 6.26. The molecule has 4 nitrogen and oxygen atoms in total. The van der Waals surface area contributed by atoms with Crippen molar-refractivity contribution in [1.29, 1.82) is 0 Å². The quantitative estimate of drug-likeness (QED) is 0.873. The molecule has 0 amide bonds. The molecule has 0 aliphatic carbocycles. The van der Waals surface area contributed by atoms with Gasteiger partial charge in [0.2, 0.25) is 0 Å². The number of rotatable bonds is 5. The average molecular weight is 252 g/mol. The van der Waals surface area contributed by atoms with Crippen molar-refractivity contribution in [2.45, 2.75) is 31.5 Å². The van der Waals surface area contributed by atoms with Crippen LogP contribution < -0.4 is 9.47 Å². The molecule has 2 unspecified atom stereocenters. The van der Waals surface area contributed by atoms with Gasteiger partial charge < -0.3 is 19.3 Å². The zero-order valence-electron chi connectivity index (χ0n) is 10.9. The van der Waals surface area contributed by atoms with Crippen LogP contribution in [0.3, 0.4) is 0 Å². The summed E-state index contributed by atoms with van der Waals surface area (Å²) in [5.41, 5.74) is 0.786. The van der Waals surface area contributed by atoms with Gasteiger partial charge >= 0.3 is 0 Å². The lowest BCUT2D eigenvalue weighted by Crippen LogP contribution is -2.12. The molecule has 1 heterocycles. The molecule has 1 N–H and O–H groups in total. The fourth-order valence-electron chi connectivity index (χ4n) is 2.30. The summed E-state index contributed by atoms with van der Waals surface area (Å²) in [5, 5.41) is 10.3. The predicted molar refractivity (Wildman–Crippen MR) is 68.1 cm³/mol. The third-order valence-corrected chi connectivity index (χ3v) is 3.31. The molecule has 1 fully saturated rings. The van der Waals surface area contributed by atoms with Crippen LogP contribution >= 0.6 is 0 Å². The van der Waals surface area contributed by atoms with E-state index in [2.05, 4.69) is 0 Å². The van der Waals surface area contributed by atoms with Gasteiger partial charge in [-0.25, -0.2) is 0 Å². The van der Waals surface area contributed by atoms with E-state index in [4.69, 9.17) is 14.2 Å². The number of aliphatic hydroxyl groups excluding tert-OH is 1. The third-order valence-electron chi connectivity index (χ3n) is 3.31. The highest BCUT2D eigenvalue weighted by Crippen LogP contribution is 2.33. The molecule has 1 aromatic rings. The largest absolute Gasteiger partial charge is 0.497 e. The normalized spacial score (nSPS) is 20.7. The van der Waals surface area contributed by atoms with Crippen LogP contribution in [0.2, 0.25) is 0 Å². The van der Waals surface area contributed by atoms with Gasteiger partial charge in [0.05, 0.1) is 26.4 Å². The molecule has 0 spiro atoms. The summed E-state index contributed by atoms with van der Waals surface area (Å²) in [7, 11) is 3.20. The molecular weight excluding hydrogens is 232 g/mol. The van der Waals surface area contributed by atoms with Crippen molar-refractivity contribution < 1.29 is 19.3 Å². The fraction of sp³-hybridized carbons (Fsp3) is 0.571. The lowest BCUT2D eigenvalue weighted by Gasteiger charge is -2.18. The van der Waals surface area contributed by atoms with Gasteiger partial charge in [0.1, 0.15) is 11.5 Å². The summed E-state index contributed by atoms with van der Waals surface area (Å²) >= 11 is 0. The van der Waals surface area contributed by atoms with Crippen LogP contribution in [0.5, 0.6) is 11.5 Å². The molecule has 2 rings (SSSR count). The Labute approximate surface area is 107 Å². The molecule has 0 radical (unpaired) electrons. The molecule has 4 heteroatoms. The molecule has 1 aliphatic rings. The van der Waals surface area contributed by atoms with E-state index in [1.165, 1.54) is 0 Å². The van der Waals surface area contributed by atoms with Gasteiger partial charge in [-0.15, -0.1) is 0 Å². The van der Waals surface area contributed by atoms with Crippen LogP contribution in [0.1, 0.15) is 30.9 Å². The maximum absolute atomic E-state index is 10.3.